The molecule has 0 N–H and O–H groups in total. The minimum Gasteiger partial charge on any atom is -0.220 e. The van der Waals surface area contributed by atoms with Crippen molar-refractivity contribution >= 4 is 22.8 Å². The van der Waals surface area contributed by atoms with Crippen molar-refractivity contribution in [1.82, 2.24) is 25.3 Å². The summed E-state index contributed by atoms with van der Waals surface area (Å²) in [4.78, 5) is 4.18. The molecule has 1 radical (unpaired) electrons. The van der Waals surface area contributed by atoms with Crippen LogP contribution in [-0.4, -0.2) is 26.5 Å². The highest BCUT2D eigenvalue weighted by Gasteiger charge is 2.24. The molecule has 0 fully saturated rings. The molecule has 99 valence electrons. The maximum Gasteiger partial charge on any atom is 0.203 e. The Morgan fingerprint density at radius 1 is 1.15 bits per heavy atom. The smallest absolute Gasteiger partial charge is 0.203 e. The highest BCUT2D eigenvalue weighted by molar-refractivity contribution is 6.29. The number of hydrogen-bond acceptors (Lipinski definition) is 3. The lowest BCUT2D eigenvalue weighted by molar-refractivity contribution is 0.403. The third-order valence-corrected chi connectivity index (χ3v) is 3.76. The summed E-state index contributed by atoms with van der Waals surface area (Å²) >= 11 is 5.88. The summed E-state index contributed by atoms with van der Waals surface area (Å²) in [5.41, 5.74) is 3.90. The van der Waals surface area contributed by atoms with Crippen molar-refractivity contribution in [2.24, 2.45) is 0 Å². The zero-order valence-electron chi connectivity index (χ0n) is 10.6. The number of rotatable bonds is 1. The highest BCUT2D eigenvalue weighted by atomic mass is 35.5. The molecule has 0 saturated carbocycles. The van der Waals surface area contributed by atoms with E-state index in [2.05, 4.69) is 38.8 Å². The van der Waals surface area contributed by atoms with E-state index in [4.69, 9.17) is 11.6 Å². The molecule has 2 aromatic heterocycles. The maximum absolute atomic E-state index is 5.88. The molecule has 4 rings (SSSR count). The fraction of sp³-hybridized carbons (Fsp3) is 0.214. The Labute approximate surface area is 120 Å². The van der Waals surface area contributed by atoms with Crippen LogP contribution >= 0.6 is 11.6 Å². The van der Waals surface area contributed by atoms with Gasteiger partial charge in [-0.3, -0.25) is 0 Å². The molecule has 1 aliphatic heterocycles. The number of aromatic nitrogens is 4. The number of fused-ring (bicyclic) bond motifs is 2. The van der Waals surface area contributed by atoms with Crippen molar-refractivity contribution in [3.63, 3.8) is 0 Å². The summed E-state index contributed by atoms with van der Waals surface area (Å²) in [5, 5.41) is 13.4. The number of benzene rings is 1. The molecule has 20 heavy (non-hydrogen) atoms. The zero-order valence-corrected chi connectivity index (χ0v) is 11.3. The van der Waals surface area contributed by atoms with Crippen molar-refractivity contribution in [2.75, 3.05) is 6.54 Å². The molecule has 3 heterocycles. The summed E-state index contributed by atoms with van der Waals surface area (Å²) in [5.74, 6) is 0. The summed E-state index contributed by atoms with van der Waals surface area (Å²) in [6.45, 7) is 0.796. The Kier molecular flexibility index (Phi) is 2.68. The van der Waals surface area contributed by atoms with Gasteiger partial charge in [0.2, 0.25) is 5.65 Å². The maximum atomic E-state index is 5.88. The summed E-state index contributed by atoms with van der Waals surface area (Å²) < 4.78 is 1.82. The first-order valence-corrected chi connectivity index (χ1v) is 6.82. The molecule has 6 heteroatoms. The number of nitrogens with zero attached hydrogens (tertiary/aromatic N) is 5. The van der Waals surface area contributed by atoms with Gasteiger partial charge < -0.3 is 0 Å². The lowest BCUT2D eigenvalue weighted by atomic mass is 9.98. The average Bonchev–Trinajstić information content (AvgIpc) is 2.89. The molecule has 0 spiro atoms. The van der Waals surface area contributed by atoms with E-state index >= 15 is 0 Å². The molecule has 0 bridgehead atoms. The van der Waals surface area contributed by atoms with E-state index in [-0.39, 0.29) is 6.17 Å². The molecule has 1 aliphatic rings. The summed E-state index contributed by atoms with van der Waals surface area (Å²) in [7, 11) is 0. The van der Waals surface area contributed by atoms with Gasteiger partial charge in [-0.1, -0.05) is 41.1 Å². The predicted octanol–water partition coefficient (Wildman–Crippen LogP) is 2.19. The molecule has 1 atom stereocenters. The molecule has 1 aromatic carbocycles. The first-order chi connectivity index (χ1) is 9.83. The quantitative estimate of drug-likeness (QED) is 0.644. The molecule has 0 aliphatic carbocycles. The zero-order chi connectivity index (χ0) is 13.5. The Hall–Kier alpha value is -1.98. The number of hydrogen-bond donors (Lipinski definition) is 0. The molecule has 0 amide bonds. The molecule has 1 unspecified atom stereocenters. The van der Waals surface area contributed by atoms with Crippen molar-refractivity contribution in [2.45, 2.75) is 12.6 Å². The second-order valence-electron chi connectivity index (χ2n) is 4.74. The fourth-order valence-corrected chi connectivity index (χ4v) is 2.76. The van der Waals surface area contributed by atoms with Gasteiger partial charge in [-0.25, -0.2) is 15.0 Å². The van der Waals surface area contributed by atoms with Crippen LogP contribution in [0.2, 0.25) is 5.15 Å². The molecule has 5 nitrogen and oxygen atoms in total. The third kappa shape index (κ3) is 1.78. The van der Waals surface area contributed by atoms with Gasteiger partial charge in [0, 0.05) is 6.54 Å². The van der Waals surface area contributed by atoms with Gasteiger partial charge in [0.05, 0.1) is 0 Å². The first-order valence-electron chi connectivity index (χ1n) is 6.45. The van der Waals surface area contributed by atoms with Gasteiger partial charge in [0.15, 0.2) is 0 Å². The molecule has 3 aromatic rings. The average molecular weight is 285 g/mol. The summed E-state index contributed by atoms with van der Waals surface area (Å²) in [6, 6.07) is 12.0. The Bertz CT molecular complexity index is 782. The van der Waals surface area contributed by atoms with E-state index in [9.17, 15) is 0 Å². The SMILES string of the molecule is Clc1ccc2c(nnn2C2[N]CCc3ccccc32)n1. The normalized spacial score (nSPS) is 18.1. The lowest BCUT2D eigenvalue weighted by Gasteiger charge is -2.25. The molecular weight excluding hydrogens is 274 g/mol. The van der Waals surface area contributed by atoms with Gasteiger partial charge in [0.25, 0.3) is 0 Å². The Balaban J connectivity index is 1.88. The largest absolute Gasteiger partial charge is 0.220 e. The van der Waals surface area contributed by atoms with Crippen LogP contribution in [0.4, 0.5) is 0 Å². The Morgan fingerprint density at radius 3 is 3.00 bits per heavy atom. The van der Waals surface area contributed by atoms with E-state index in [0.717, 1.165) is 18.5 Å². The van der Waals surface area contributed by atoms with Gasteiger partial charge in [-0.15, -0.1) is 5.10 Å². The predicted molar refractivity (Wildman–Crippen MR) is 75.6 cm³/mol. The monoisotopic (exact) mass is 284 g/mol. The minimum atomic E-state index is -0.132. The van der Waals surface area contributed by atoms with Crippen LogP contribution in [0.25, 0.3) is 11.2 Å². The van der Waals surface area contributed by atoms with Gasteiger partial charge in [-0.2, -0.15) is 0 Å². The van der Waals surface area contributed by atoms with Crippen LogP contribution < -0.4 is 5.32 Å². The van der Waals surface area contributed by atoms with Crippen LogP contribution in [-0.2, 0) is 6.42 Å². The number of halogens is 1. The fourth-order valence-electron chi connectivity index (χ4n) is 2.62. The second kappa shape index (κ2) is 4.54. The van der Waals surface area contributed by atoms with Crippen LogP contribution in [0.3, 0.4) is 0 Å². The van der Waals surface area contributed by atoms with Gasteiger partial charge in [0.1, 0.15) is 16.8 Å². The van der Waals surface area contributed by atoms with Crippen LogP contribution in [0.5, 0.6) is 0 Å². The van der Waals surface area contributed by atoms with Gasteiger partial charge in [-0.05, 0) is 29.7 Å². The van der Waals surface area contributed by atoms with E-state index in [0.29, 0.717) is 10.8 Å². The summed E-state index contributed by atoms with van der Waals surface area (Å²) in [6.07, 6.45) is 0.844. The van der Waals surface area contributed by atoms with Crippen LogP contribution in [0.15, 0.2) is 36.4 Å². The first kappa shape index (κ1) is 11.8. The van der Waals surface area contributed by atoms with Crippen molar-refractivity contribution in [3.05, 3.63) is 52.7 Å². The minimum absolute atomic E-state index is 0.132. The highest BCUT2D eigenvalue weighted by Crippen LogP contribution is 2.27. The molecule has 0 saturated heterocycles. The van der Waals surface area contributed by atoms with E-state index in [1.165, 1.54) is 11.1 Å². The van der Waals surface area contributed by atoms with Gasteiger partial charge >= 0.3 is 0 Å². The topological polar surface area (TPSA) is 57.7 Å². The third-order valence-electron chi connectivity index (χ3n) is 3.55. The van der Waals surface area contributed by atoms with E-state index < -0.39 is 0 Å². The van der Waals surface area contributed by atoms with Crippen molar-refractivity contribution in [3.8, 4) is 0 Å². The lowest BCUT2D eigenvalue weighted by Crippen LogP contribution is -2.30. The van der Waals surface area contributed by atoms with E-state index in [1.807, 2.05) is 16.8 Å². The van der Waals surface area contributed by atoms with Crippen LogP contribution in [0, 0.1) is 0 Å². The number of pyridine rings is 1. The second-order valence-corrected chi connectivity index (χ2v) is 5.13. The van der Waals surface area contributed by atoms with Crippen LogP contribution in [0.1, 0.15) is 17.3 Å². The molecular formula is C14H11ClN5. The standard InChI is InChI=1S/C14H11ClN5/c15-12-6-5-11-13(17-12)18-19-20(11)14-10-4-2-1-3-9(10)7-8-16-14/h1-6,14H,7-8H2. The van der Waals surface area contributed by atoms with Crippen molar-refractivity contribution in [1.29, 1.82) is 0 Å². The van der Waals surface area contributed by atoms with Crippen molar-refractivity contribution < 1.29 is 0 Å². The van der Waals surface area contributed by atoms with E-state index in [1.54, 1.807) is 6.07 Å². The Morgan fingerprint density at radius 2 is 2.05 bits per heavy atom.